The first-order valence-electron chi connectivity index (χ1n) is 6.03. The summed E-state index contributed by atoms with van der Waals surface area (Å²) in [7, 11) is 0. The molecular formula is C14H16F2N2O. The van der Waals surface area contributed by atoms with Crippen LogP contribution >= 0.6 is 0 Å². The molecule has 1 aromatic heterocycles. The van der Waals surface area contributed by atoms with Gasteiger partial charge in [-0.2, -0.15) is 5.10 Å². The fraction of sp³-hybridized carbons (Fsp3) is 0.357. The number of aromatic nitrogens is 2. The van der Waals surface area contributed by atoms with Crippen LogP contribution in [0, 0.1) is 32.4 Å². The SMILES string of the molecule is Cc1nn(C[C@H](O)c2cc(F)ccc2F)c(C)c1C. The van der Waals surface area contributed by atoms with Crippen molar-refractivity contribution in [3.63, 3.8) is 0 Å². The highest BCUT2D eigenvalue weighted by atomic mass is 19.1. The van der Waals surface area contributed by atoms with E-state index in [-0.39, 0.29) is 12.1 Å². The average Bonchev–Trinajstić information content (AvgIpc) is 2.60. The highest BCUT2D eigenvalue weighted by Crippen LogP contribution is 2.21. The minimum Gasteiger partial charge on any atom is -0.386 e. The summed E-state index contributed by atoms with van der Waals surface area (Å²) in [6, 6.07) is 3.05. The number of halogens is 2. The molecule has 0 spiro atoms. The second-order valence-electron chi connectivity index (χ2n) is 4.66. The van der Waals surface area contributed by atoms with Crippen molar-refractivity contribution in [1.82, 2.24) is 9.78 Å². The van der Waals surface area contributed by atoms with Crippen LogP contribution in [0.1, 0.15) is 28.6 Å². The lowest BCUT2D eigenvalue weighted by atomic mass is 10.1. The van der Waals surface area contributed by atoms with Crippen molar-refractivity contribution in [1.29, 1.82) is 0 Å². The molecule has 2 aromatic rings. The van der Waals surface area contributed by atoms with Crippen molar-refractivity contribution in [2.75, 3.05) is 0 Å². The van der Waals surface area contributed by atoms with Crippen molar-refractivity contribution in [2.24, 2.45) is 0 Å². The van der Waals surface area contributed by atoms with Crippen LogP contribution in [0.2, 0.25) is 0 Å². The Hall–Kier alpha value is -1.75. The normalized spacial score (nSPS) is 12.7. The van der Waals surface area contributed by atoms with Gasteiger partial charge in [-0.1, -0.05) is 0 Å². The zero-order valence-corrected chi connectivity index (χ0v) is 11.1. The molecule has 0 aliphatic rings. The molecule has 1 heterocycles. The topological polar surface area (TPSA) is 38.0 Å². The third-order valence-electron chi connectivity index (χ3n) is 3.41. The van der Waals surface area contributed by atoms with E-state index in [4.69, 9.17) is 0 Å². The maximum Gasteiger partial charge on any atom is 0.129 e. The summed E-state index contributed by atoms with van der Waals surface area (Å²) < 4.78 is 28.3. The van der Waals surface area contributed by atoms with E-state index >= 15 is 0 Å². The first-order valence-corrected chi connectivity index (χ1v) is 6.03. The molecule has 0 amide bonds. The first-order chi connectivity index (χ1) is 8.90. The predicted octanol–water partition coefficient (Wildman–Crippen LogP) is 2.82. The lowest BCUT2D eigenvalue weighted by molar-refractivity contribution is 0.145. The number of hydrogen-bond acceptors (Lipinski definition) is 2. The fourth-order valence-electron chi connectivity index (χ4n) is 2.00. The third-order valence-corrected chi connectivity index (χ3v) is 3.41. The summed E-state index contributed by atoms with van der Waals surface area (Å²) >= 11 is 0. The van der Waals surface area contributed by atoms with E-state index in [1.165, 1.54) is 0 Å². The van der Waals surface area contributed by atoms with Gasteiger partial charge in [0.25, 0.3) is 0 Å². The smallest absolute Gasteiger partial charge is 0.129 e. The second-order valence-corrected chi connectivity index (χ2v) is 4.66. The summed E-state index contributed by atoms with van der Waals surface area (Å²) in [5, 5.41) is 14.3. The van der Waals surface area contributed by atoms with Crippen LogP contribution in [0.5, 0.6) is 0 Å². The zero-order valence-electron chi connectivity index (χ0n) is 11.1. The van der Waals surface area contributed by atoms with Crippen molar-refractivity contribution in [2.45, 2.75) is 33.4 Å². The monoisotopic (exact) mass is 266 g/mol. The number of aryl methyl sites for hydroxylation is 1. The molecule has 0 unspecified atom stereocenters. The summed E-state index contributed by atoms with van der Waals surface area (Å²) in [5.74, 6) is -1.19. The van der Waals surface area contributed by atoms with E-state index in [0.29, 0.717) is 0 Å². The van der Waals surface area contributed by atoms with Crippen molar-refractivity contribution < 1.29 is 13.9 Å². The standard InChI is InChI=1S/C14H16F2N2O/c1-8-9(2)17-18(10(8)3)7-14(19)12-6-11(15)4-5-13(12)16/h4-6,14,19H,7H2,1-3H3/t14-/m0/s1. The zero-order chi connectivity index (χ0) is 14.2. The number of aliphatic hydroxyl groups is 1. The minimum atomic E-state index is -1.13. The third kappa shape index (κ3) is 2.66. The summed E-state index contributed by atoms with van der Waals surface area (Å²) in [4.78, 5) is 0. The minimum absolute atomic E-state index is 0.0507. The molecule has 1 aromatic carbocycles. The highest BCUT2D eigenvalue weighted by Gasteiger charge is 2.17. The summed E-state index contributed by atoms with van der Waals surface area (Å²) in [5.41, 5.74) is 2.76. The van der Waals surface area contributed by atoms with Crippen LogP contribution in [0.25, 0.3) is 0 Å². The van der Waals surface area contributed by atoms with Crippen LogP contribution in [0.4, 0.5) is 8.78 Å². The lowest BCUT2D eigenvalue weighted by Crippen LogP contribution is -2.13. The van der Waals surface area contributed by atoms with E-state index in [9.17, 15) is 13.9 Å². The van der Waals surface area contributed by atoms with Crippen molar-refractivity contribution >= 4 is 0 Å². The van der Waals surface area contributed by atoms with Gasteiger partial charge in [0.05, 0.1) is 12.2 Å². The van der Waals surface area contributed by atoms with Gasteiger partial charge in [0.2, 0.25) is 0 Å². The summed E-state index contributed by atoms with van der Waals surface area (Å²) in [6.07, 6.45) is -1.13. The maximum atomic E-state index is 13.6. The molecule has 102 valence electrons. The van der Waals surface area contributed by atoms with Gasteiger partial charge in [-0.15, -0.1) is 0 Å². The molecule has 5 heteroatoms. The molecule has 3 nitrogen and oxygen atoms in total. The Kier molecular flexibility index (Phi) is 3.66. The number of nitrogens with zero attached hydrogens (tertiary/aromatic N) is 2. The fourth-order valence-corrected chi connectivity index (χ4v) is 2.00. The molecule has 0 bridgehead atoms. The molecule has 2 rings (SSSR count). The Morgan fingerprint density at radius 3 is 2.53 bits per heavy atom. The van der Waals surface area contributed by atoms with Crippen LogP contribution in [0.3, 0.4) is 0 Å². The molecule has 0 radical (unpaired) electrons. The number of hydrogen-bond donors (Lipinski definition) is 1. The molecule has 0 saturated carbocycles. The highest BCUT2D eigenvalue weighted by molar-refractivity contribution is 5.24. The predicted molar refractivity (Wildman–Crippen MR) is 67.8 cm³/mol. The number of benzene rings is 1. The Morgan fingerprint density at radius 1 is 1.26 bits per heavy atom. The Labute approximate surface area is 110 Å². The molecule has 0 aliphatic carbocycles. The Bertz CT molecular complexity index is 608. The Balaban J connectivity index is 2.27. The average molecular weight is 266 g/mol. The molecule has 1 N–H and O–H groups in total. The number of rotatable bonds is 3. The van der Waals surface area contributed by atoms with E-state index in [1.807, 2.05) is 20.8 Å². The number of aliphatic hydroxyl groups excluding tert-OH is 1. The molecule has 0 fully saturated rings. The van der Waals surface area contributed by atoms with Gasteiger partial charge >= 0.3 is 0 Å². The quantitative estimate of drug-likeness (QED) is 0.927. The largest absolute Gasteiger partial charge is 0.386 e. The summed E-state index contributed by atoms with van der Waals surface area (Å²) in [6.45, 7) is 5.78. The molecule has 19 heavy (non-hydrogen) atoms. The van der Waals surface area contributed by atoms with Crippen molar-refractivity contribution in [3.8, 4) is 0 Å². The van der Waals surface area contributed by atoms with E-state index in [2.05, 4.69) is 5.10 Å². The van der Waals surface area contributed by atoms with Crippen LogP contribution in [0.15, 0.2) is 18.2 Å². The van der Waals surface area contributed by atoms with Crippen LogP contribution in [-0.2, 0) is 6.54 Å². The maximum absolute atomic E-state index is 13.6. The van der Waals surface area contributed by atoms with Crippen molar-refractivity contribution in [3.05, 3.63) is 52.3 Å². The van der Waals surface area contributed by atoms with E-state index in [0.717, 1.165) is 35.2 Å². The Morgan fingerprint density at radius 2 is 1.95 bits per heavy atom. The molecule has 1 atom stereocenters. The van der Waals surface area contributed by atoms with Crippen LogP contribution < -0.4 is 0 Å². The van der Waals surface area contributed by atoms with E-state index in [1.54, 1.807) is 4.68 Å². The van der Waals surface area contributed by atoms with Gasteiger partial charge in [0.1, 0.15) is 17.7 Å². The van der Waals surface area contributed by atoms with Gasteiger partial charge in [-0.3, -0.25) is 4.68 Å². The first kappa shape index (κ1) is 13.7. The van der Waals surface area contributed by atoms with Gasteiger partial charge < -0.3 is 5.11 Å². The molecule has 0 aliphatic heterocycles. The van der Waals surface area contributed by atoms with Gasteiger partial charge in [-0.05, 0) is 44.5 Å². The molecule has 0 saturated heterocycles. The lowest BCUT2D eigenvalue weighted by Gasteiger charge is -2.13. The van der Waals surface area contributed by atoms with Gasteiger partial charge in [0.15, 0.2) is 0 Å². The van der Waals surface area contributed by atoms with E-state index < -0.39 is 17.7 Å². The molecular weight excluding hydrogens is 250 g/mol. The second kappa shape index (κ2) is 5.09. The van der Waals surface area contributed by atoms with Crippen LogP contribution in [-0.4, -0.2) is 14.9 Å². The van der Waals surface area contributed by atoms with Gasteiger partial charge in [-0.25, -0.2) is 8.78 Å². The van der Waals surface area contributed by atoms with Gasteiger partial charge in [0, 0.05) is 11.3 Å².